The van der Waals surface area contributed by atoms with Gasteiger partial charge in [0.2, 0.25) is 5.91 Å². The van der Waals surface area contributed by atoms with Gasteiger partial charge in [-0.05, 0) is 56.0 Å². The van der Waals surface area contributed by atoms with Crippen LogP contribution in [-0.4, -0.2) is 23.3 Å². The van der Waals surface area contributed by atoms with E-state index in [-0.39, 0.29) is 23.4 Å². The summed E-state index contributed by atoms with van der Waals surface area (Å²) in [6.07, 6.45) is 2.74. The van der Waals surface area contributed by atoms with Gasteiger partial charge in [0, 0.05) is 41.0 Å². The van der Waals surface area contributed by atoms with Crippen LogP contribution in [0.1, 0.15) is 34.3 Å². The molecule has 4 rings (SSSR count). The smallest absolute Gasteiger partial charge is 0.272 e. The zero-order valence-corrected chi connectivity index (χ0v) is 14.9. The van der Waals surface area contributed by atoms with Gasteiger partial charge in [0.1, 0.15) is 0 Å². The van der Waals surface area contributed by atoms with E-state index >= 15 is 0 Å². The predicted octanol–water partition coefficient (Wildman–Crippen LogP) is 3.45. The summed E-state index contributed by atoms with van der Waals surface area (Å²) in [5.74, 6) is -0.0217. The van der Waals surface area contributed by atoms with Gasteiger partial charge in [0.05, 0.1) is 4.92 Å². The van der Waals surface area contributed by atoms with Crippen LogP contribution in [0.5, 0.6) is 0 Å². The summed E-state index contributed by atoms with van der Waals surface area (Å²) >= 11 is 0. The first kappa shape index (κ1) is 17.2. The lowest BCUT2D eigenvalue weighted by atomic mass is 10.1. The summed E-state index contributed by atoms with van der Waals surface area (Å²) < 4.78 is 0. The van der Waals surface area contributed by atoms with Crippen LogP contribution in [0.15, 0.2) is 36.4 Å². The van der Waals surface area contributed by atoms with E-state index in [4.69, 9.17) is 0 Å². The van der Waals surface area contributed by atoms with Crippen molar-refractivity contribution in [2.24, 2.45) is 5.92 Å². The van der Waals surface area contributed by atoms with Crippen molar-refractivity contribution >= 4 is 28.9 Å². The highest BCUT2D eigenvalue weighted by molar-refractivity contribution is 6.05. The number of nitrogens with zero attached hydrogens (tertiary/aromatic N) is 2. The normalized spacial score (nSPS) is 15.4. The van der Waals surface area contributed by atoms with Crippen LogP contribution in [0.25, 0.3) is 0 Å². The van der Waals surface area contributed by atoms with Crippen LogP contribution < -0.4 is 10.2 Å². The summed E-state index contributed by atoms with van der Waals surface area (Å²) in [6.45, 7) is 2.29. The highest BCUT2D eigenvalue weighted by atomic mass is 16.6. The lowest BCUT2D eigenvalue weighted by Gasteiger charge is -2.18. The average Bonchev–Trinajstić information content (AvgIpc) is 3.40. The standard InChI is InChI=1S/C20H19N3O4/c1-12-10-15(5-7-17(12)23(26)27)19(24)21-16-6-4-13-8-9-22(18(13)11-16)20(25)14-2-3-14/h4-7,10-11,14H,2-3,8-9H2,1H3,(H,21,24). The molecule has 1 fully saturated rings. The fourth-order valence-corrected chi connectivity index (χ4v) is 3.44. The maximum atomic E-state index is 12.5. The molecule has 0 unspecified atom stereocenters. The number of rotatable bonds is 4. The summed E-state index contributed by atoms with van der Waals surface area (Å²) in [6, 6.07) is 9.87. The summed E-state index contributed by atoms with van der Waals surface area (Å²) in [4.78, 5) is 37.2. The Labute approximate surface area is 156 Å². The molecule has 1 saturated carbocycles. The molecule has 2 amide bonds. The van der Waals surface area contributed by atoms with Gasteiger partial charge in [-0.1, -0.05) is 6.07 Å². The van der Waals surface area contributed by atoms with Gasteiger partial charge < -0.3 is 10.2 Å². The molecule has 0 radical (unpaired) electrons. The number of nitrogens with one attached hydrogen (secondary N) is 1. The van der Waals surface area contributed by atoms with Crippen molar-refractivity contribution in [3.8, 4) is 0 Å². The number of fused-ring (bicyclic) bond motifs is 1. The van der Waals surface area contributed by atoms with Gasteiger partial charge in [-0.15, -0.1) is 0 Å². The van der Waals surface area contributed by atoms with Gasteiger partial charge in [-0.2, -0.15) is 0 Å². The molecule has 7 nitrogen and oxygen atoms in total. The first-order valence-corrected chi connectivity index (χ1v) is 8.95. The molecule has 2 aromatic rings. The number of hydrogen-bond acceptors (Lipinski definition) is 4. The van der Waals surface area contributed by atoms with Crippen LogP contribution in [0.3, 0.4) is 0 Å². The second-order valence-corrected chi connectivity index (χ2v) is 7.07. The second-order valence-electron chi connectivity index (χ2n) is 7.07. The van der Waals surface area contributed by atoms with Crippen molar-refractivity contribution in [2.75, 3.05) is 16.8 Å². The molecular weight excluding hydrogens is 346 g/mol. The topological polar surface area (TPSA) is 92.6 Å². The van der Waals surface area contributed by atoms with Crippen molar-refractivity contribution in [2.45, 2.75) is 26.2 Å². The Morgan fingerprint density at radius 3 is 2.63 bits per heavy atom. The van der Waals surface area contributed by atoms with E-state index < -0.39 is 4.92 Å². The molecule has 1 aliphatic heterocycles. The Morgan fingerprint density at radius 2 is 1.96 bits per heavy atom. The largest absolute Gasteiger partial charge is 0.322 e. The molecule has 7 heteroatoms. The van der Waals surface area contributed by atoms with Gasteiger partial charge in [0.15, 0.2) is 0 Å². The Hall–Kier alpha value is -3.22. The van der Waals surface area contributed by atoms with Gasteiger partial charge in [-0.25, -0.2) is 0 Å². The van der Waals surface area contributed by atoms with E-state index in [2.05, 4.69) is 5.32 Å². The zero-order chi connectivity index (χ0) is 19.1. The molecule has 0 aromatic heterocycles. The number of hydrogen-bond donors (Lipinski definition) is 1. The minimum Gasteiger partial charge on any atom is -0.322 e. The van der Waals surface area contributed by atoms with E-state index in [0.29, 0.717) is 23.4 Å². The van der Waals surface area contributed by atoms with Crippen LogP contribution in [0, 0.1) is 23.0 Å². The average molecular weight is 365 g/mol. The highest BCUT2D eigenvalue weighted by Gasteiger charge is 2.36. The molecule has 0 atom stereocenters. The molecule has 0 spiro atoms. The lowest BCUT2D eigenvalue weighted by Crippen LogP contribution is -2.30. The molecule has 0 bridgehead atoms. The van der Waals surface area contributed by atoms with Gasteiger partial charge >= 0.3 is 0 Å². The van der Waals surface area contributed by atoms with Crippen molar-refractivity contribution < 1.29 is 14.5 Å². The maximum absolute atomic E-state index is 12.5. The van der Waals surface area contributed by atoms with Crippen molar-refractivity contribution in [3.05, 3.63) is 63.2 Å². The number of nitro groups is 1. The minimum absolute atomic E-state index is 0.0155. The van der Waals surface area contributed by atoms with E-state index in [1.807, 2.05) is 23.1 Å². The van der Waals surface area contributed by atoms with Crippen LogP contribution in [-0.2, 0) is 11.2 Å². The van der Waals surface area contributed by atoms with Gasteiger partial charge in [0.25, 0.3) is 11.6 Å². The molecular formula is C20H19N3O4. The molecule has 2 aliphatic rings. The third-order valence-corrected chi connectivity index (χ3v) is 5.09. The number of carbonyl (C=O) groups is 2. The molecule has 1 aliphatic carbocycles. The number of anilines is 2. The lowest BCUT2D eigenvalue weighted by molar-refractivity contribution is -0.385. The zero-order valence-electron chi connectivity index (χ0n) is 14.9. The minimum atomic E-state index is -0.469. The first-order chi connectivity index (χ1) is 12.9. The molecule has 0 saturated heterocycles. The Morgan fingerprint density at radius 1 is 1.19 bits per heavy atom. The van der Waals surface area contributed by atoms with E-state index in [9.17, 15) is 19.7 Å². The van der Waals surface area contributed by atoms with Crippen molar-refractivity contribution in [1.29, 1.82) is 0 Å². The van der Waals surface area contributed by atoms with E-state index in [0.717, 1.165) is 30.5 Å². The maximum Gasteiger partial charge on any atom is 0.272 e. The number of benzene rings is 2. The number of amides is 2. The molecule has 2 aromatic carbocycles. The Balaban J connectivity index is 1.54. The first-order valence-electron chi connectivity index (χ1n) is 8.95. The SMILES string of the molecule is Cc1cc(C(=O)Nc2ccc3c(c2)N(C(=O)C2CC2)CC3)ccc1[N+](=O)[O-]. The quantitative estimate of drug-likeness (QED) is 0.663. The monoisotopic (exact) mass is 365 g/mol. The van der Waals surface area contributed by atoms with Gasteiger partial charge in [-0.3, -0.25) is 19.7 Å². The Bertz CT molecular complexity index is 966. The number of aryl methyl sites for hydroxylation is 1. The number of nitro benzene ring substituents is 1. The highest BCUT2D eigenvalue weighted by Crippen LogP contribution is 2.37. The van der Waals surface area contributed by atoms with Crippen molar-refractivity contribution in [3.63, 3.8) is 0 Å². The molecule has 138 valence electrons. The molecule has 1 N–H and O–H groups in total. The third kappa shape index (κ3) is 3.28. The molecule has 27 heavy (non-hydrogen) atoms. The Kier molecular flexibility index (Phi) is 4.14. The van der Waals surface area contributed by atoms with Crippen LogP contribution >= 0.6 is 0 Å². The molecule has 1 heterocycles. The van der Waals surface area contributed by atoms with Crippen LogP contribution in [0.4, 0.5) is 17.1 Å². The van der Waals surface area contributed by atoms with E-state index in [1.54, 1.807) is 6.92 Å². The second kappa shape index (κ2) is 6.50. The summed E-state index contributed by atoms with van der Waals surface area (Å²) in [5, 5.41) is 13.7. The van der Waals surface area contributed by atoms with Crippen LogP contribution in [0.2, 0.25) is 0 Å². The van der Waals surface area contributed by atoms with Crippen molar-refractivity contribution in [1.82, 2.24) is 0 Å². The predicted molar refractivity (Wildman–Crippen MR) is 101 cm³/mol. The summed E-state index contributed by atoms with van der Waals surface area (Å²) in [5.41, 5.74) is 3.34. The fraction of sp³-hybridized carbons (Fsp3) is 0.300. The number of carbonyl (C=O) groups excluding carboxylic acids is 2. The summed E-state index contributed by atoms with van der Waals surface area (Å²) in [7, 11) is 0. The van der Waals surface area contributed by atoms with E-state index in [1.165, 1.54) is 18.2 Å². The fourth-order valence-electron chi connectivity index (χ4n) is 3.44. The third-order valence-electron chi connectivity index (χ3n) is 5.09.